The second-order valence-electron chi connectivity index (χ2n) is 10.1. The summed E-state index contributed by atoms with van der Waals surface area (Å²) in [5, 5.41) is 12.4. The molecule has 190 valence electrons. The second-order valence-corrected chi connectivity index (χ2v) is 10.1. The van der Waals surface area contributed by atoms with Gasteiger partial charge in [-0.3, -0.25) is 19.8 Å². The summed E-state index contributed by atoms with van der Waals surface area (Å²) in [5.41, 5.74) is 4.14. The molecule has 0 radical (unpaired) electrons. The molecule has 0 bridgehead atoms. The molecule has 5 aromatic rings. The van der Waals surface area contributed by atoms with E-state index in [0.29, 0.717) is 11.6 Å². The molecular weight excluding hydrogens is 476 g/mol. The Bertz CT molecular complexity index is 1660. The normalized spacial score (nSPS) is 18.2. The highest BCUT2D eigenvalue weighted by Crippen LogP contribution is 2.42. The minimum atomic E-state index is -0.359. The van der Waals surface area contributed by atoms with Crippen LogP contribution in [0.4, 0.5) is 28.8 Å². The van der Waals surface area contributed by atoms with Crippen molar-refractivity contribution in [1.29, 1.82) is 0 Å². The van der Waals surface area contributed by atoms with E-state index in [1.165, 1.54) is 6.42 Å². The summed E-state index contributed by atoms with van der Waals surface area (Å²) in [6, 6.07) is 15.8. The van der Waals surface area contributed by atoms with Gasteiger partial charge in [-0.25, -0.2) is 4.98 Å². The predicted octanol–water partition coefficient (Wildman–Crippen LogP) is 5.85. The molecule has 2 N–H and O–H groups in total. The first-order valence-electron chi connectivity index (χ1n) is 13.2. The van der Waals surface area contributed by atoms with Crippen LogP contribution in [-0.2, 0) is 4.79 Å². The van der Waals surface area contributed by atoms with Crippen molar-refractivity contribution in [1.82, 2.24) is 25.1 Å². The molecular formula is C29H28N8O. The summed E-state index contributed by atoms with van der Waals surface area (Å²) in [6.07, 6.45) is 11.0. The van der Waals surface area contributed by atoms with Gasteiger partial charge in [-0.05, 0) is 50.1 Å². The molecule has 1 aliphatic heterocycles. The number of carbonyl (C=O) groups excluding carboxylic acids is 1. The Hall–Kier alpha value is -4.53. The molecule has 1 amide bonds. The Morgan fingerprint density at radius 2 is 1.82 bits per heavy atom. The Kier molecular flexibility index (Phi) is 5.42. The SMILES string of the molecule is C[C@@H]1C(=O)N(c2cnc3ccccc3c2)c2cnc(Nc3ccc4[nH]ncc4c3)nc2N1C1CCCCC1. The van der Waals surface area contributed by atoms with Crippen molar-refractivity contribution in [2.45, 2.75) is 51.1 Å². The number of aromatic amines is 1. The highest BCUT2D eigenvalue weighted by Gasteiger charge is 2.41. The number of benzene rings is 2. The number of hydrogen-bond acceptors (Lipinski definition) is 7. The van der Waals surface area contributed by atoms with Crippen molar-refractivity contribution in [3.8, 4) is 0 Å². The van der Waals surface area contributed by atoms with Crippen LogP contribution < -0.4 is 15.1 Å². The zero-order valence-corrected chi connectivity index (χ0v) is 21.1. The lowest BCUT2D eigenvalue weighted by atomic mass is 9.92. The maximum absolute atomic E-state index is 13.9. The number of pyridine rings is 1. The highest BCUT2D eigenvalue weighted by molar-refractivity contribution is 6.10. The second kappa shape index (κ2) is 9.09. The van der Waals surface area contributed by atoms with Gasteiger partial charge in [0.2, 0.25) is 5.95 Å². The van der Waals surface area contributed by atoms with Gasteiger partial charge in [0, 0.05) is 22.5 Å². The van der Waals surface area contributed by atoms with Crippen LogP contribution in [0.15, 0.2) is 67.1 Å². The molecule has 0 unspecified atom stereocenters. The molecule has 9 heteroatoms. The third-order valence-corrected chi connectivity index (χ3v) is 7.73. The predicted molar refractivity (Wildman–Crippen MR) is 149 cm³/mol. The van der Waals surface area contributed by atoms with Gasteiger partial charge < -0.3 is 10.2 Å². The van der Waals surface area contributed by atoms with Crippen LogP contribution in [0.2, 0.25) is 0 Å². The van der Waals surface area contributed by atoms with E-state index < -0.39 is 0 Å². The highest BCUT2D eigenvalue weighted by atomic mass is 16.2. The maximum Gasteiger partial charge on any atom is 0.254 e. The fraction of sp³-hybridized carbons (Fsp3) is 0.276. The smallest absolute Gasteiger partial charge is 0.254 e. The largest absolute Gasteiger partial charge is 0.340 e. The number of H-pyrrole nitrogens is 1. The first-order chi connectivity index (χ1) is 18.7. The number of nitrogens with zero attached hydrogens (tertiary/aromatic N) is 6. The van der Waals surface area contributed by atoms with Crippen LogP contribution in [0, 0.1) is 0 Å². The van der Waals surface area contributed by atoms with Gasteiger partial charge in [0.05, 0.1) is 35.3 Å². The molecule has 1 aliphatic carbocycles. The fourth-order valence-electron chi connectivity index (χ4n) is 5.83. The van der Waals surface area contributed by atoms with Crippen LogP contribution in [0.25, 0.3) is 21.8 Å². The third kappa shape index (κ3) is 3.82. The number of hydrogen-bond donors (Lipinski definition) is 2. The Morgan fingerprint density at radius 3 is 2.71 bits per heavy atom. The van der Waals surface area contributed by atoms with Crippen molar-refractivity contribution in [2.24, 2.45) is 0 Å². The molecule has 9 nitrogen and oxygen atoms in total. The van der Waals surface area contributed by atoms with E-state index in [2.05, 4.69) is 30.4 Å². The summed E-state index contributed by atoms with van der Waals surface area (Å²) in [7, 11) is 0. The lowest BCUT2D eigenvalue weighted by molar-refractivity contribution is -0.119. The summed E-state index contributed by atoms with van der Waals surface area (Å²) in [4.78, 5) is 32.2. The summed E-state index contributed by atoms with van der Waals surface area (Å²) in [6.45, 7) is 1.99. The molecule has 1 fully saturated rings. The zero-order chi connectivity index (χ0) is 25.6. The lowest BCUT2D eigenvalue weighted by Gasteiger charge is -2.45. The van der Waals surface area contributed by atoms with Gasteiger partial charge >= 0.3 is 0 Å². The van der Waals surface area contributed by atoms with Crippen LogP contribution in [0.3, 0.4) is 0 Å². The molecule has 38 heavy (non-hydrogen) atoms. The van der Waals surface area contributed by atoms with Gasteiger partial charge in [-0.15, -0.1) is 0 Å². The van der Waals surface area contributed by atoms with Gasteiger partial charge in [-0.2, -0.15) is 10.1 Å². The molecule has 3 aromatic heterocycles. The molecule has 4 heterocycles. The lowest BCUT2D eigenvalue weighted by Crippen LogP contribution is -2.55. The van der Waals surface area contributed by atoms with E-state index in [4.69, 9.17) is 4.98 Å². The van der Waals surface area contributed by atoms with Gasteiger partial charge in [0.1, 0.15) is 11.7 Å². The number of rotatable bonds is 4. The quantitative estimate of drug-likeness (QED) is 0.316. The van der Waals surface area contributed by atoms with Crippen molar-refractivity contribution in [3.63, 3.8) is 0 Å². The van der Waals surface area contributed by atoms with E-state index in [1.807, 2.05) is 55.5 Å². The maximum atomic E-state index is 13.9. The first kappa shape index (κ1) is 22.7. The average molecular weight is 505 g/mol. The molecule has 7 rings (SSSR count). The van der Waals surface area contributed by atoms with Gasteiger partial charge in [0.15, 0.2) is 5.82 Å². The molecule has 0 saturated heterocycles. The fourth-order valence-corrected chi connectivity index (χ4v) is 5.83. The Morgan fingerprint density at radius 1 is 0.947 bits per heavy atom. The van der Waals surface area contributed by atoms with E-state index in [0.717, 1.165) is 64.7 Å². The average Bonchev–Trinajstić information content (AvgIpc) is 3.42. The van der Waals surface area contributed by atoms with E-state index in [-0.39, 0.29) is 18.0 Å². The summed E-state index contributed by atoms with van der Waals surface area (Å²) in [5.74, 6) is 1.28. The van der Waals surface area contributed by atoms with Gasteiger partial charge in [0.25, 0.3) is 5.91 Å². The number of fused-ring (bicyclic) bond motifs is 3. The van der Waals surface area contributed by atoms with E-state index in [1.54, 1.807) is 23.5 Å². The van der Waals surface area contributed by atoms with Crippen LogP contribution in [-0.4, -0.2) is 43.1 Å². The summed E-state index contributed by atoms with van der Waals surface area (Å²) >= 11 is 0. The van der Waals surface area contributed by atoms with Crippen molar-refractivity contribution in [2.75, 3.05) is 15.1 Å². The van der Waals surface area contributed by atoms with Crippen molar-refractivity contribution < 1.29 is 4.79 Å². The molecule has 2 aliphatic rings. The van der Waals surface area contributed by atoms with E-state index >= 15 is 0 Å². The van der Waals surface area contributed by atoms with Crippen LogP contribution >= 0.6 is 0 Å². The zero-order valence-electron chi connectivity index (χ0n) is 21.1. The first-order valence-corrected chi connectivity index (χ1v) is 13.2. The van der Waals surface area contributed by atoms with Gasteiger partial charge in [-0.1, -0.05) is 37.5 Å². The third-order valence-electron chi connectivity index (χ3n) is 7.73. The van der Waals surface area contributed by atoms with Crippen LogP contribution in [0.5, 0.6) is 0 Å². The monoisotopic (exact) mass is 504 g/mol. The molecule has 2 aromatic carbocycles. The standard InChI is InChI=1S/C29H28N8O/c1-18-28(38)37(23-14-19-7-5-6-10-24(19)30-16-23)26-17-31-29(33-21-11-12-25-20(13-21)15-32-35-25)34-27(26)36(18)22-8-3-2-4-9-22/h5-7,10-18,22H,2-4,8-9H2,1H3,(H,32,35)(H,31,33,34)/t18-/m1/s1. The number of nitrogens with one attached hydrogen (secondary N) is 2. The van der Waals surface area contributed by atoms with Crippen LogP contribution in [0.1, 0.15) is 39.0 Å². The Labute approximate surface area is 219 Å². The van der Waals surface area contributed by atoms with Crippen molar-refractivity contribution >= 4 is 56.5 Å². The Balaban J connectivity index is 1.33. The number of para-hydroxylation sites is 1. The number of aromatic nitrogens is 5. The minimum Gasteiger partial charge on any atom is -0.340 e. The van der Waals surface area contributed by atoms with E-state index in [9.17, 15) is 4.79 Å². The minimum absolute atomic E-state index is 0.00914. The van der Waals surface area contributed by atoms with Crippen molar-refractivity contribution in [3.05, 3.63) is 67.1 Å². The molecule has 0 spiro atoms. The number of amides is 1. The molecule has 1 atom stereocenters. The number of anilines is 5. The molecule has 1 saturated carbocycles. The topological polar surface area (TPSA) is 103 Å². The summed E-state index contributed by atoms with van der Waals surface area (Å²) < 4.78 is 0. The number of carbonyl (C=O) groups is 1.